The van der Waals surface area contributed by atoms with Crippen LogP contribution in [0.15, 0.2) is 58.3 Å². The second-order valence-corrected chi connectivity index (χ2v) is 8.28. The number of fused-ring (bicyclic) bond motifs is 2. The fourth-order valence-corrected chi connectivity index (χ4v) is 5.10. The third kappa shape index (κ3) is 3.51. The number of benzene rings is 1. The monoisotopic (exact) mass is 403 g/mol. The Bertz CT molecular complexity index is 1180. The van der Waals surface area contributed by atoms with Crippen molar-refractivity contribution in [3.8, 4) is 0 Å². The molecule has 0 unspecified atom stereocenters. The largest absolute Gasteiger partial charge is 0.467 e. The molecule has 0 radical (unpaired) electrons. The maximum atomic E-state index is 13.0. The predicted octanol–water partition coefficient (Wildman–Crippen LogP) is 5.38. The Hall–Kier alpha value is -3.12. The maximum absolute atomic E-state index is 13.0. The Balaban J connectivity index is 1.47. The second kappa shape index (κ2) is 7.72. The smallest absolute Gasteiger partial charge is 0.255 e. The number of furan rings is 1. The lowest BCUT2D eigenvalue weighted by Crippen LogP contribution is -2.23. The molecular weight excluding hydrogens is 382 g/mol. The quantitative estimate of drug-likeness (QED) is 0.439. The predicted molar refractivity (Wildman–Crippen MR) is 116 cm³/mol. The first-order valence-corrected chi connectivity index (χ1v) is 10.7. The number of aromatic nitrogens is 1. The molecule has 146 valence electrons. The minimum Gasteiger partial charge on any atom is -0.467 e. The number of aliphatic imine (C=N–C) groups is 1. The van der Waals surface area contributed by atoms with E-state index >= 15 is 0 Å². The van der Waals surface area contributed by atoms with E-state index in [0.717, 1.165) is 52.1 Å². The van der Waals surface area contributed by atoms with E-state index in [-0.39, 0.29) is 5.91 Å². The van der Waals surface area contributed by atoms with Crippen LogP contribution in [0.1, 0.15) is 45.0 Å². The normalized spacial score (nSPS) is 13.8. The molecule has 29 heavy (non-hydrogen) atoms. The molecule has 1 aliphatic rings. The Labute approximate surface area is 172 Å². The van der Waals surface area contributed by atoms with Crippen LogP contribution in [0.4, 0.5) is 5.00 Å². The lowest BCUT2D eigenvalue weighted by atomic mass is 9.95. The van der Waals surface area contributed by atoms with Gasteiger partial charge in [-0.25, -0.2) is 4.99 Å². The van der Waals surface area contributed by atoms with Crippen LogP contribution in [0.5, 0.6) is 0 Å². The number of amides is 1. The molecule has 3 heterocycles. The van der Waals surface area contributed by atoms with E-state index in [4.69, 9.17) is 9.41 Å². The van der Waals surface area contributed by atoms with Crippen LogP contribution >= 0.6 is 11.3 Å². The van der Waals surface area contributed by atoms with Gasteiger partial charge in [0.1, 0.15) is 10.8 Å². The Morgan fingerprint density at radius 3 is 3.00 bits per heavy atom. The molecule has 5 nitrogen and oxygen atoms in total. The highest BCUT2D eigenvalue weighted by molar-refractivity contribution is 7.16. The van der Waals surface area contributed by atoms with Gasteiger partial charge in [-0.05, 0) is 49.4 Å². The molecule has 3 aromatic heterocycles. The number of nitrogens with one attached hydrogen (secondary N) is 2. The van der Waals surface area contributed by atoms with Gasteiger partial charge in [-0.1, -0.05) is 18.2 Å². The van der Waals surface area contributed by atoms with Crippen molar-refractivity contribution in [1.29, 1.82) is 0 Å². The van der Waals surface area contributed by atoms with Crippen LogP contribution in [0.2, 0.25) is 0 Å². The fraction of sp³-hybridized carbons (Fsp3) is 0.217. The van der Waals surface area contributed by atoms with Gasteiger partial charge < -0.3 is 14.7 Å². The number of carbonyl (C=O) groups is 1. The molecule has 0 spiro atoms. The summed E-state index contributed by atoms with van der Waals surface area (Å²) in [6.45, 7) is 0.377. The van der Waals surface area contributed by atoms with Crippen LogP contribution in [-0.4, -0.2) is 17.1 Å². The van der Waals surface area contributed by atoms with Crippen molar-refractivity contribution < 1.29 is 9.21 Å². The zero-order valence-corrected chi connectivity index (χ0v) is 16.7. The van der Waals surface area contributed by atoms with Gasteiger partial charge in [-0.15, -0.1) is 11.3 Å². The van der Waals surface area contributed by atoms with Crippen molar-refractivity contribution >= 4 is 39.4 Å². The highest BCUT2D eigenvalue weighted by Gasteiger charge is 2.25. The lowest BCUT2D eigenvalue weighted by Gasteiger charge is -2.12. The summed E-state index contributed by atoms with van der Waals surface area (Å²) in [5.74, 6) is 0.665. The van der Waals surface area contributed by atoms with Gasteiger partial charge in [0, 0.05) is 33.8 Å². The molecule has 0 aliphatic heterocycles. The van der Waals surface area contributed by atoms with Gasteiger partial charge in [0.2, 0.25) is 0 Å². The van der Waals surface area contributed by atoms with Crippen molar-refractivity contribution in [2.75, 3.05) is 0 Å². The van der Waals surface area contributed by atoms with Crippen molar-refractivity contribution in [3.63, 3.8) is 0 Å². The number of H-pyrrole nitrogens is 1. The highest BCUT2D eigenvalue weighted by Crippen LogP contribution is 2.40. The first-order valence-electron chi connectivity index (χ1n) is 9.85. The molecule has 0 saturated heterocycles. The van der Waals surface area contributed by atoms with Crippen molar-refractivity contribution in [3.05, 3.63) is 76.2 Å². The van der Waals surface area contributed by atoms with E-state index in [1.165, 1.54) is 16.9 Å². The van der Waals surface area contributed by atoms with Crippen molar-refractivity contribution in [2.45, 2.75) is 32.2 Å². The second-order valence-electron chi connectivity index (χ2n) is 7.20. The minimum absolute atomic E-state index is 0.0770. The van der Waals surface area contributed by atoms with Gasteiger partial charge >= 0.3 is 0 Å². The molecule has 0 saturated carbocycles. The number of aryl methyl sites for hydroxylation is 1. The fourth-order valence-electron chi connectivity index (χ4n) is 3.87. The third-order valence-corrected chi connectivity index (χ3v) is 6.52. The number of hydrogen-bond donors (Lipinski definition) is 2. The molecule has 1 amide bonds. The van der Waals surface area contributed by atoms with Gasteiger partial charge in [-0.2, -0.15) is 0 Å². The van der Waals surface area contributed by atoms with Gasteiger partial charge in [0.15, 0.2) is 0 Å². The summed E-state index contributed by atoms with van der Waals surface area (Å²) < 4.78 is 5.34. The zero-order valence-electron chi connectivity index (χ0n) is 15.9. The Kier molecular flexibility index (Phi) is 4.77. The van der Waals surface area contributed by atoms with Crippen LogP contribution in [-0.2, 0) is 19.4 Å². The Morgan fingerprint density at radius 1 is 1.21 bits per heavy atom. The van der Waals surface area contributed by atoms with Gasteiger partial charge in [0.05, 0.1) is 18.4 Å². The third-order valence-electron chi connectivity index (χ3n) is 5.33. The summed E-state index contributed by atoms with van der Waals surface area (Å²) in [5.41, 5.74) is 4.00. The number of aromatic amines is 1. The van der Waals surface area contributed by atoms with Crippen LogP contribution in [0, 0.1) is 0 Å². The minimum atomic E-state index is -0.0770. The molecule has 0 atom stereocenters. The van der Waals surface area contributed by atoms with Gasteiger partial charge in [-0.3, -0.25) is 4.79 Å². The van der Waals surface area contributed by atoms with Crippen LogP contribution < -0.4 is 5.32 Å². The molecule has 0 bridgehead atoms. The highest BCUT2D eigenvalue weighted by atomic mass is 32.1. The number of rotatable bonds is 5. The lowest BCUT2D eigenvalue weighted by molar-refractivity contribution is 0.0948. The average molecular weight is 404 g/mol. The zero-order chi connectivity index (χ0) is 19.6. The summed E-state index contributed by atoms with van der Waals surface area (Å²) in [4.78, 5) is 22.4. The molecule has 1 aromatic carbocycles. The Morgan fingerprint density at radius 2 is 2.10 bits per heavy atom. The summed E-state index contributed by atoms with van der Waals surface area (Å²) in [7, 11) is 0. The van der Waals surface area contributed by atoms with E-state index < -0.39 is 0 Å². The number of nitrogens with zero attached hydrogens (tertiary/aromatic N) is 1. The van der Waals surface area contributed by atoms with E-state index in [0.29, 0.717) is 6.54 Å². The summed E-state index contributed by atoms with van der Waals surface area (Å²) in [6.07, 6.45) is 9.70. The van der Waals surface area contributed by atoms with Crippen molar-refractivity contribution in [1.82, 2.24) is 10.3 Å². The van der Waals surface area contributed by atoms with Crippen LogP contribution in [0.3, 0.4) is 0 Å². The van der Waals surface area contributed by atoms with Crippen molar-refractivity contribution in [2.24, 2.45) is 4.99 Å². The molecule has 0 fully saturated rings. The SMILES string of the molecule is O=C(NCc1ccco1)c1c(N=Cc2c[nH]c3ccccc23)sc2c1CCCC2. The maximum Gasteiger partial charge on any atom is 0.255 e. The number of hydrogen-bond acceptors (Lipinski definition) is 4. The number of para-hydroxylation sites is 1. The molecule has 4 aromatic rings. The molecular formula is C23H21N3O2S. The summed E-state index contributed by atoms with van der Waals surface area (Å²) in [5, 5.41) is 4.91. The number of carbonyl (C=O) groups excluding carboxylic acids is 1. The summed E-state index contributed by atoms with van der Waals surface area (Å²) in [6, 6.07) is 11.8. The van der Waals surface area contributed by atoms with Crippen LogP contribution in [0.25, 0.3) is 10.9 Å². The topological polar surface area (TPSA) is 70.4 Å². The molecule has 1 aliphatic carbocycles. The van der Waals surface area contributed by atoms with E-state index in [2.05, 4.69) is 16.4 Å². The molecule has 5 rings (SSSR count). The van der Waals surface area contributed by atoms with E-state index in [1.54, 1.807) is 17.6 Å². The first kappa shape index (κ1) is 17.9. The van der Waals surface area contributed by atoms with Gasteiger partial charge in [0.25, 0.3) is 5.91 Å². The van der Waals surface area contributed by atoms with E-state index in [9.17, 15) is 4.79 Å². The first-order chi connectivity index (χ1) is 14.3. The standard InChI is InChI=1S/C23H21N3O2S/c27-22(25-14-16-6-5-11-28-16)21-18-8-2-4-10-20(18)29-23(21)26-13-15-12-24-19-9-3-1-7-17(15)19/h1,3,5-7,9,11-13,24H,2,4,8,10,14H2,(H,25,27). The number of thiophene rings is 1. The van der Waals surface area contributed by atoms with E-state index in [1.807, 2.05) is 42.7 Å². The molecule has 6 heteroatoms. The average Bonchev–Trinajstić information content (AvgIpc) is 3.48. The summed E-state index contributed by atoms with van der Waals surface area (Å²) >= 11 is 1.65. The molecule has 2 N–H and O–H groups in total.